The highest BCUT2D eigenvalue weighted by Gasteiger charge is 2.39. The van der Waals surface area contributed by atoms with Gasteiger partial charge in [0.1, 0.15) is 0 Å². The molecule has 5 heteroatoms. The molecule has 0 aromatic heterocycles. The number of rotatable bonds is 4. The Balaban J connectivity index is 2.07. The minimum atomic E-state index is -1.28. The van der Waals surface area contributed by atoms with Crippen molar-refractivity contribution in [3.05, 3.63) is 34.9 Å². The molecule has 4 nitrogen and oxygen atoms in total. The zero-order valence-corrected chi connectivity index (χ0v) is 12.2. The third kappa shape index (κ3) is 2.97. The summed E-state index contributed by atoms with van der Waals surface area (Å²) in [5, 5.41) is 22.8. The van der Waals surface area contributed by atoms with Gasteiger partial charge in [0.2, 0.25) is 0 Å². The van der Waals surface area contributed by atoms with Crippen molar-refractivity contribution in [2.45, 2.75) is 38.3 Å². The molecule has 0 spiro atoms. The van der Waals surface area contributed by atoms with Gasteiger partial charge in [0.25, 0.3) is 5.91 Å². The summed E-state index contributed by atoms with van der Waals surface area (Å²) in [6.45, 7) is 1.98. The van der Waals surface area contributed by atoms with Gasteiger partial charge in [-0.15, -0.1) is 0 Å². The highest BCUT2D eigenvalue weighted by atomic mass is 35.5. The topological polar surface area (TPSA) is 69.6 Å². The first-order valence-corrected chi connectivity index (χ1v) is 7.19. The average Bonchev–Trinajstić information content (AvgIpc) is 2.80. The molecule has 0 aliphatic heterocycles. The van der Waals surface area contributed by atoms with Gasteiger partial charge in [0, 0.05) is 22.0 Å². The Hall–Kier alpha value is -1.10. The lowest BCUT2D eigenvalue weighted by atomic mass is 9.85. The fraction of sp³-hybridized carbons (Fsp3) is 0.533. The second-order valence-electron chi connectivity index (χ2n) is 5.69. The number of benzene rings is 1. The monoisotopic (exact) mass is 297 g/mol. The van der Waals surface area contributed by atoms with E-state index in [1.54, 1.807) is 24.3 Å². The van der Waals surface area contributed by atoms with Crippen LogP contribution in [-0.4, -0.2) is 28.8 Å². The van der Waals surface area contributed by atoms with Crippen molar-refractivity contribution in [1.82, 2.24) is 5.32 Å². The minimum Gasteiger partial charge on any atom is -0.396 e. The van der Waals surface area contributed by atoms with Crippen LogP contribution in [0, 0.1) is 5.41 Å². The largest absolute Gasteiger partial charge is 0.396 e. The Labute approximate surface area is 123 Å². The van der Waals surface area contributed by atoms with Crippen LogP contribution in [0.4, 0.5) is 0 Å². The number of aliphatic hydroxyl groups is 2. The maximum atomic E-state index is 12.2. The molecule has 1 aromatic rings. The van der Waals surface area contributed by atoms with E-state index >= 15 is 0 Å². The molecule has 1 aliphatic carbocycles. The molecule has 0 heterocycles. The first-order valence-electron chi connectivity index (χ1n) is 6.81. The van der Waals surface area contributed by atoms with Crippen LogP contribution in [0.3, 0.4) is 0 Å². The number of carbonyl (C=O) groups is 1. The highest BCUT2D eigenvalue weighted by molar-refractivity contribution is 6.31. The third-order valence-electron chi connectivity index (χ3n) is 4.21. The standard InChI is InChI=1S/C15H20ClNO3/c1-15(9-18)8-4-7-12(15)17-14(20)13(19)10-5-2-3-6-11(10)16/h2-3,5-6,12-13,18-19H,4,7-9H2,1H3,(H,17,20)/t12?,13-,15?/m1/s1. The molecule has 2 rings (SSSR count). The summed E-state index contributed by atoms with van der Waals surface area (Å²) < 4.78 is 0. The first kappa shape index (κ1) is 15.3. The smallest absolute Gasteiger partial charge is 0.253 e. The fourth-order valence-corrected chi connectivity index (χ4v) is 3.00. The van der Waals surface area contributed by atoms with E-state index in [0.717, 1.165) is 19.3 Å². The summed E-state index contributed by atoms with van der Waals surface area (Å²) in [7, 11) is 0. The van der Waals surface area contributed by atoms with E-state index in [-0.39, 0.29) is 18.1 Å². The summed E-state index contributed by atoms with van der Waals surface area (Å²) in [4.78, 5) is 12.2. The molecule has 3 atom stereocenters. The van der Waals surface area contributed by atoms with Crippen LogP contribution in [0.2, 0.25) is 5.02 Å². The lowest BCUT2D eigenvalue weighted by Crippen LogP contribution is -2.46. The van der Waals surface area contributed by atoms with Gasteiger partial charge in [0.15, 0.2) is 6.10 Å². The summed E-state index contributed by atoms with van der Waals surface area (Å²) in [5.41, 5.74) is 0.0888. The number of nitrogens with one attached hydrogen (secondary N) is 1. The molecule has 1 aromatic carbocycles. The van der Waals surface area contributed by atoms with Crippen LogP contribution in [0.15, 0.2) is 24.3 Å². The van der Waals surface area contributed by atoms with E-state index < -0.39 is 12.0 Å². The van der Waals surface area contributed by atoms with Crippen molar-refractivity contribution < 1.29 is 15.0 Å². The lowest BCUT2D eigenvalue weighted by Gasteiger charge is -2.30. The predicted molar refractivity (Wildman–Crippen MR) is 77.4 cm³/mol. The number of halogens is 1. The summed E-state index contributed by atoms with van der Waals surface area (Å²) in [6, 6.07) is 6.63. The number of hydrogen-bond donors (Lipinski definition) is 3. The molecule has 1 amide bonds. The number of hydrogen-bond acceptors (Lipinski definition) is 3. The predicted octanol–water partition coefficient (Wildman–Crippen LogP) is 2.04. The molecular formula is C15H20ClNO3. The van der Waals surface area contributed by atoms with Gasteiger partial charge in [-0.3, -0.25) is 4.79 Å². The molecule has 3 N–H and O–H groups in total. The van der Waals surface area contributed by atoms with Gasteiger partial charge in [-0.25, -0.2) is 0 Å². The zero-order valence-electron chi connectivity index (χ0n) is 11.5. The van der Waals surface area contributed by atoms with Gasteiger partial charge < -0.3 is 15.5 Å². The van der Waals surface area contributed by atoms with Crippen molar-refractivity contribution >= 4 is 17.5 Å². The Kier molecular flexibility index (Phi) is 4.68. The first-order chi connectivity index (χ1) is 9.48. The van der Waals surface area contributed by atoms with E-state index in [1.165, 1.54) is 0 Å². The molecule has 0 saturated heterocycles. The van der Waals surface area contributed by atoms with Crippen LogP contribution in [-0.2, 0) is 4.79 Å². The van der Waals surface area contributed by atoms with E-state index in [0.29, 0.717) is 10.6 Å². The van der Waals surface area contributed by atoms with Crippen LogP contribution in [0.1, 0.15) is 37.9 Å². The quantitative estimate of drug-likeness (QED) is 0.796. The molecule has 1 fully saturated rings. The Morgan fingerprint density at radius 2 is 2.25 bits per heavy atom. The number of aliphatic hydroxyl groups excluding tert-OH is 2. The van der Waals surface area contributed by atoms with Crippen LogP contribution < -0.4 is 5.32 Å². The van der Waals surface area contributed by atoms with E-state index in [9.17, 15) is 15.0 Å². The van der Waals surface area contributed by atoms with E-state index in [2.05, 4.69) is 5.32 Å². The second kappa shape index (κ2) is 6.12. The van der Waals surface area contributed by atoms with Crippen molar-refractivity contribution in [3.8, 4) is 0 Å². The number of amides is 1. The van der Waals surface area contributed by atoms with Crippen molar-refractivity contribution in [2.75, 3.05) is 6.61 Å². The normalized spacial score (nSPS) is 27.3. The third-order valence-corrected chi connectivity index (χ3v) is 4.55. The molecule has 0 bridgehead atoms. The molecule has 0 radical (unpaired) electrons. The molecular weight excluding hydrogens is 278 g/mol. The van der Waals surface area contributed by atoms with Crippen LogP contribution in [0.25, 0.3) is 0 Å². The SMILES string of the molecule is CC1(CO)CCCC1NC(=O)[C@H](O)c1ccccc1Cl. The maximum absolute atomic E-state index is 12.2. The highest BCUT2D eigenvalue weighted by Crippen LogP contribution is 2.37. The Morgan fingerprint density at radius 3 is 2.90 bits per heavy atom. The van der Waals surface area contributed by atoms with Crippen molar-refractivity contribution in [3.63, 3.8) is 0 Å². The van der Waals surface area contributed by atoms with Crippen LogP contribution >= 0.6 is 11.6 Å². The molecule has 110 valence electrons. The maximum Gasteiger partial charge on any atom is 0.253 e. The average molecular weight is 298 g/mol. The minimum absolute atomic E-state index is 0.0279. The second-order valence-corrected chi connectivity index (χ2v) is 6.10. The van der Waals surface area contributed by atoms with E-state index in [4.69, 9.17) is 11.6 Å². The van der Waals surface area contributed by atoms with Crippen molar-refractivity contribution in [2.24, 2.45) is 5.41 Å². The molecule has 2 unspecified atom stereocenters. The van der Waals surface area contributed by atoms with Gasteiger partial charge >= 0.3 is 0 Å². The van der Waals surface area contributed by atoms with Gasteiger partial charge in [0.05, 0.1) is 6.61 Å². The lowest BCUT2D eigenvalue weighted by molar-refractivity contribution is -0.131. The molecule has 1 aliphatic rings. The zero-order chi connectivity index (χ0) is 14.8. The van der Waals surface area contributed by atoms with Crippen LogP contribution in [0.5, 0.6) is 0 Å². The summed E-state index contributed by atoms with van der Waals surface area (Å²) in [5.74, 6) is -0.468. The van der Waals surface area contributed by atoms with Gasteiger partial charge in [-0.1, -0.05) is 43.1 Å². The van der Waals surface area contributed by atoms with E-state index in [1.807, 2.05) is 6.92 Å². The van der Waals surface area contributed by atoms with Gasteiger partial charge in [-0.05, 0) is 18.9 Å². The summed E-state index contributed by atoms with van der Waals surface area (Å²) >= 11 is 5.98. The Bertz CT molecular complexity index is 494. The van der Waals surface area contributed by atoms with Gasteiger partial charge in [-0.2, -0.15) is 0 Å². The number of carbonyl (C=O) groups excluding carboxylic acids is 1. The Morgan fingerprint density at radius 1 is 1.55 bits per heavy atom. The molecule has 20 heavy (non-hydrogen) atoms. The fourth-order valence-electron chi connectivity index (χ4n) is 2.76. The summed E-state index contributed by atoms with van der Waals surface area (Å²) in [6.07, 6.45) is 1.37. The van der Waals surface area contributed by atoms with Crippen molar-refractivity contribution in [1.29, 1.82) is 0 Å². The molecule has 1 saturated carbocycles.